The molecule has 2 rings (SSSR count). The van der Waals surface area contributed by atoms with Crippen molar-refractivity contribution in [3.63, 3.8) is 0 Å². The molecule has 0 saturated carbocycles. The van der Waals surface area contributed by atoms with E-state index in [0.29, 0.717) is 18.0 Å². The van der Waals surface area contributed by atoms with Gasteiger partial charge in [-0.05, 0) is 12.5 Å². The van der Waals surface area contributed by atoms with Gasteiger partial charge in [0.25, 0.3) is 0 Å². The number of benzene rings is 1. The molecule has 1 heterocycles. The zero-order valence-corrected chi connectivity index (χ0v) is 11.6. The number of nitrogens with two attached hydrogens (primary N) is 1. The summed E-state index contributed by atoms with van der Waals surface area (Å²) in [6.45, 7) is 2.65. The van der Waals surface area contributed by atoms with Gasteiger partial charge in [0.1, 0.15) is 5.75 Å². The van der Waals surface area contributed by atoms with Crippen LogP contribution in [0.25, 0.3) is 0 Å². The van der Waals surface area contributed by atoms with Gasteiger partial charge in [-0.15, -0.1) is 0 Å². The number of nitrogens with one attached hydrogen (secondary N) is 1. The van der Waals surface area contributed by atoms with E-state index in [1.807, 2.05) is 13.0 Å². The molecule has 0 fully saturated rings. The maximum absolute atomic E-state index is 11.3. The predicted octanol–water partition coefficient (Wildman–Crippen LogP) is 1.78. The lowest BCUT2D eigenvalue weighted by Crippen LogP contribution is -2.20. The van der Waals surface area contributed by atoms with E-state index < -0.39 is 9.84 Å². The quantitative estimate of drug-likeness (QED) is 0.805. The third-order valence-corrected chi connectivity index (χ3v) is 4.08. The highest BCUT2D eigenvalue weighted by molar-refractivity contribution is 7.94. The van der Waals surface area contributed by atoms with E-state index in [1.54, 1.807) is 18.2 Å². The van der Waals surface area contributed by atoms with Crippen LogP contribution in [0.3, 0.4) is 0 Å². The number of sulfone groups is 1. The Morgan fingerprint density at radius 3 is 2.84 bits per heavy atom. The zero-order valence-electron chi connectivity index (χ0n) is 10.8. The number of anilines is 2. The Morgan fingerprint density at radius 2 is 2.21 bits per heavy atom. The zero-order chi connectivity index (χ0) is 13.9. The van der Waals surface area contributed by atoms with E-state index >= 15 is 0 Å². The van der Waals surface area contributed by atoms with Crippen LogP contribution in [0.2, 0.25) is 0 Å². The highest BCUT2D eigenvalue weighted by Gasteiger charge is 2.21. The maximum atomic E-state index is 11.3. The van der Waals surface area contributed by atoms with Crippen molar-refractivity contribution in [2.75, 3.05) is 23.4 Å². The molecule has 5 nitrogen and oxygen atoms in total. The first-order valence-electron chi connectivity index (χ1n) is 6.19. The van der Waals surface area contributed by atoms with Gasteiger partial charge >= 0.3 is 0 Å². The minimum absolute atomic E-state index is 0.0763. The summed E-state index contributed by atoms with van der Waals surface area (Å²) in [6.07, 6.45) is 2.56. The molecule has 0 amide bonds. The molecule has 104 valence electrons. The lowest BCUT2D eigenvalue weighted by Gasteiger charge is -2.14. The summed E-state index contributed by atoms with van der Waals surface area (Å²) in [5.41, 5.74) is 7.15. The van der Waals surface area contributed by atoms with Crippen LogP contribution < -0.4 is 15.8 Å². The predicted molar refractivity (Wildman–Crippen MR) is 77.0 cm³/mol. The first-order valence-corrected chi connectivity index (χ1v) is 7.91. The molecular formula is C13H18N2O3S. The van der Waals surface area contributed by atoms with Crippen LogP contribution in [-0.4, -0.2) is 26.8 Å². The first kappa shape index (κ1) is 13.7. The Bertz CT molecular complexity index is 582. The van der Waals surface area contributed by atoms with Gasteiger partial charge in [-0.2, -0.15) is 0 Å². The molecule has 0 saturated heterocycles. The highest BCUT2D eigenvalue weighted by Crippen LogP contribution is 2.24. The van der Waals surface area contributed by atoms with Gasteiger partial charge < -0.3 is 15.8 Å². The minimum atomic E-state index is -3.06. The van der Waals surface area contributed by atoms with E-state index in [-0.39, 0.29) is 11.8 Å². The maximum Gasteiger partial charge on any atom is 0.173 e. The molecule has 0 aromatic heterocycles. The Hall–Kier alpha value is -1.69. The fraction of sp³-hybridized carbons (Fsp3) is 0.385. The SMILES string of the molecule is CCCOc1cc(N)cc(NC2C=CS(=O)(=O)C2)c1. The van der Waals surface area contributed by atoms with Crippen molar-refractivity contribution in [2.45, 2.75) is 19.4 Å². The van der Waals surface area contributed by atoms with Gasteiger partial charge in [0, 0.05) is 28.9 Å². The average molecular weight is 282 g/mol. The van der Waals surface area contributed by atoms with Gasteiger partial charge in [-0.1, -0.05) is 13.0 Å². The average Bonchev–Trinajstić information content (AvgIpc) is 2.65. The van der Waals surface area contributed by atoms with Gasteiger partial charge in [0.2, 0.25) is 0 Å². The smallest absolute Gasteiger partial charge is 0.173 e. The number of hydrogen-bond acceptors (Lipinski definition) is 5. The van der Waals surface area contributed by atoms with Crippen LogP contribution in [0.4, 0.5) is 11.4 Å². The summed E-state index contributed by atoms with van der Waals surface area (Å²) in [5, 5.41) is 4.37. The third kappa shape index (κ3) is 3.89. The molecule has 1 atom stereocenters. The van der Waals surface area contributed by atoms with Crippen molar-refractivity contribution in [3.05, 3.63) is 29.7 Å². The standard InChI is InChI=1S/C13H18N2O3S/c1-2-4-18-13-7-10(14)6-12(8-13)15-11-3-5-19(16,17)9-11/h3,5-8,11,15H,2,4,9,14H2,1H3. The molecule has 0 bridgehead atoms. The van der Waals surface area contributed by atoms with Crippen molar-refractivity contribution in [3.8, 4) is 5.75 Å². The van der Waals surface area contributed by atoms with Gasteiger partial charge in [-0.3, -0.25) is 0 Å². The van der Waals surface area contributed by atoms with Crippen LogP contribution >= 0.6 is 0 Å². The molecule has 1 aliphatic rings. The topological polar surface area (TPSA) is 81.4 Å². The lowest BCUT2D eigenvalue weighted by atomic mass is 10.2. The molecule has 0 spiro atoms. The van der Waals surface area contributed by atoms with Gasteiger partial charge in [0.15, 0.2) is 9.84 Å². The van der Waals surface area contributed by atoms with E-state index in [1.165, 1.54) is 5.41 Å². The molecular weight excluding hydrogens is 264 g/mol. The number of hydrogen-bond donors (Lipinski definition) is 2. The van der Waals surface area contributed by atoms with Crippen molar-refractivity contribution in [1.29, 1.82) is 0 Å². The monoisotopic (exact) mass is 282 g/mol. The lowest BCUT2D eigenvalue weighted by molar-refractivity contribution is 0.318. The summed E-state index contributed by atoms with van der Waals surface area (Å²) >= 11 is 0. The van der Waals surface area contributed by atoms with Crippen LogP contribution in [0.1, 0.15) is 13.3 Å². The van der Waals surface area contributed by atoms with E-state index in [0.717, 1.165) is 12.1 Å². The van der Waals surface area contributed by atoms with Crippen molar-refractivity contribution < 1.29 is 13.2 Å². The second-order valence-corrected chi connectivity index (χ2v) is 6.48. The highest BCUT2D eigenvalue weighted by atomic mass is 32.2. The number of rotatable bonds is 5. The fourth-order valence-electron chi connectivity index (χ4n) is 1.89. The van der Waals surface area contributed by atoms with Crippen LogP contribution in [-0.2, 0) is 9.84 Å². The largest absolute Gasteiger partial charge is 0.493 e. The molecule has 3 N–H and O–H groups in total. The van der Waals surface area contributed by atoms with Crippen LogP contribution in [0.15, 0.2) is 29.7 Å². The molecule has 1 aromatic carbocycles. The number of ether oxygens (including phenoxy) is 1. The van der Waals surface area contributed by atoms with E-state index in [2.05, 4.69) is 5.32 Å². The number of nitrogen functional groups attached to an aromatic ring is 1. The van der Waals surface area contributed by atoms with Crippen molar-refractivity contribution >= 4 is 21.2 Å². The Kier molecular flexibility index (Phi) is 3.99. The molecule has 0 aliphatic carbocycles. The summed E-state index contributed by atoms with van der Waals surface area (Å²) in [6, 6.07) is 5.12. The summed E-state index contributed by atoms with van der Waals surface area (Å²) < 4.78 is 28.2. The fourth-order valence-corrected chi connectivity index (χ4v) is 3.12. The van der Waals surface area contributed by atoms with Crippen LogP contribution in [0, 0.1) is 0 Å². The first-order chi connectivity index (χ1) is 8.98. The third-order valence-electron chi connectivity index (χ3n) is 2.68. The normalized spacial score (nSPS) is 20.4. The molecule has 1 unspecified atom stereocenters. The Labute approximate surface area is 113 Å². The molecule has 6 heteroatoms. The van der Waals surface area contributed by atoms with E-state index in [4.69, 9.17) is 10.5 Å². The second-order valence-electron chi connectivity index (χ2n) is 4.55. The Morgan fingerprint density at radius 1 is 1.42 bits per heavy atom. The molecule has 0 radical (unpaired) electrons. The summed E-state index contributed by atoms with van der Waals surface area (Å²) in [4.78, 5) is 0. The van der Waals surface area contributed by atoms with E-state index in [9.17, 15) is 8.42 Å². The molecule has 19 heavy (non-hydrogen) atoms. The van der Waals surface area contributed by atoms with Gasteiger partial charge in [0.05, 0.1) is 18.4 Å². The Balaban J connectivity index is 2.08. The summed E-state index contributed by atoms with van der Waals surface area (Å²) in [5.74, 6) is 0.765. The molecule has 1 aromatic rings. The van der Waals surface area contributed by atoms with Crippen LogP contribution in [0.5, 0.6) is 5.75 Å². The van der Waals surface area contributed by atoms with Crippen molar-refractivity contribution in [1.82, 2.24) is 0 Å². The minimum Gasteiger partial charge on any atom is -0.493 e. The summed E-state index contributed by atoms with van der Waals surface area (Å²) in [7, 11) is -3.06. The van der Waals surface area contributed by atoms with Crippen molar-refractivity contribution in [2.24, 2.45) is 0 Å². The second kappa shape index (κ2) is 5.52. The van der Waals surface area contributed by atoms with Gasteiger partial charge in [-0.25, -0.2) is 8.42 Å². The molecule has 1 aliphatic heterocycles.